The second kappa shape index (κ2) is 47.9. The van der Waals surface area contributed by atoms with Crippen LogP contribution in [0.3, 0.4) is 0 Å². The Morgan fingerprint density at radius 1 is 0.356 bits per heavy atom. The van der Waals surface area contributed by atoms with Gasteiger partial charge in [0.2, 0.25) is 0 Å². The summed E-state index contributed by atoms with van der Waals surface area (Å²) in [7, 11) is 0. The zero-order valence-corrected chi connectivity index (χ0v) is 75.7. The molecule has 0 bridgehead atoms. The third kappa shape index (κ3) is 27.6. The van der Waals surface area contributed by atoms with Crippen molar-refractivity contribution in [1.82, 2.24) is 39.9 Å². The van der Waals surface area contributed by atoms with Crippen LogP contribution in [-0.2, 0) is 99.6 Å². The maximum Gasteiger partial charge on any atom is 0.155 e. The molecule has 0 atom stereocenters. The second-order valence-corrected chi connectivity index (χ2v) is 26.8. The third-order valence-corrected chi connectivity index (χ3v) is 17.5. The Hall–Kier alpha value is -12.0. The van der Waals surface area contributed by atoms with E-state index < -0.39 is 0 Å². The van der Waals surface area contributed by atoms with E-state index in [4.69, 9.17) is 25.4 Å². The molecule has 0 aliphatic carbocycles. The number of carbonyl (C=O) groups is 4. The van der Waals surface area contributed by atoms with Crippen LogP contribution in [0.1, 0.15) is 55.4 Å². The molecule has 13 aromatic carbocycles. The van der Waals surface area contributed by atoms with Gasteiger partial charge in [0.25, 0.3) is 0 Å². The smallest absolute Gasteiger partial charge is 0.155 e. The van der Waals surface area contributed by atoms with E-state index in [9.17, 15) is 19.2 Å². The summed E-state index contributed by atoms with van der Waals surface area (Å²) in [5.74, 6) is -0.250. The predicted octanol–water partition coefficient (Wildman–Crippen LogP) is 23.1. The summed E-state index contributed by atoms with van der Waals surface area (Å²) in [6, 6.07) is 104. The van der Waals surface area contributed by atoms with Gasteiger partial charge < -0.3 is 30.4 Å². The fraction of sp³-hybridized carbons (Fsp3) is 0.0825. The van der Waals surface area contributed by atoms with Crippen molar-refractivity contribution in [3.05, 3.63) is 363 Å². The van der Waals surface area contributed by atoms with Crippen molar-refractivity contribution in [3.8, 4) is 61.0 Å². The number of para-hydroxylation sites is 1. The van der Waals surface area contributed by atoms with Crippen LogP contribution in [0.15, 0.2) is 339 Å². The van der Waals surface area contributed by atoms with Gasteiger partial charge in [0.1, 0.15) is 11.0 Å². The zero-order chi connectivity index (χ0) is 80.9. The van der Waals surface area contributed by atoms with E-state index in [-0.39, 0.29) is 127 Å². The molecule has 21 heteroatoms. The van der Waals surface area contributed by atoms with E-state index in [1.807, 2.05) is 127 Å². The molecule has 4 aromatic heterocycles. The molecule has 0 saturated heterocycles. The molecular weight excluding hydrogens is 2210 g/mol. The van der Waals surface area contributed by atoms with E-state index in [1.165, 1.54) is 117 Å². The summed E-state index contributed by atoms with van der Waals surface area (Å²) in [6.45, 7) is 11.4. The Balaban J connectivity index is 0.000000221. The molecule has 16 nitrogen and oxygen atoms in total. The van der Waals surface area contributed by atoms with E-state index in [0.29, 0.717) is 0 Å². The summed E-state index contributed by atoms with van der Waals surface area (Å²) >= 11 is 1.72. The topological polar surface area (TPSA) is 244 Å². The van der Waals surface area contributed by atoms with Crippen LogP contribution >= 0.6 is 11.3 Å². The first-order chi connectivity index (χ1) is 55.2. The molecule has 0 aliphatic heterocycles. The number of nitrogens with zero attached hydrogens (tertiary/aromatic N) is 8. The van der Waals surface area contributed by atoms with Crippen molar-refractivity contribution in [2.75, 3.05) is 0 Å². The van der Waals surface area contributed by atoms with Gasteiger partial charge in [0.15, 0.2) is 23.1 Å². The quantitative estimate of drug-likeness (QED) is 0.0430. The molecule has 4 heterocycles. The molecule has 0 fully saturated rings. The second-order valence-electron chi connectivity index (χ2n) is 25.7. The van der Waals surface area contributed by atoms with Gasteiger partial charge in [-0.15, -0.1) is 105 Å². The Morgan fingerprint density at radius 3 is 1.31 bits per heavy atom. The molecule has 602 valence electrons. The Labute approximate surface area is 743 Å². The molecule has 118 heavy (non-hydrogen) atoms. The molecule has 17 aromatic rings. The Bertz CT molecular complexity index is 5800. The van der Waals surface area contributed by atoms with E-state index in [2.05, 4.69) is 194 Å². The van der Waals surface area contributed by atoms with Gasteiger partial charge in [0, 0.05) is 150 Å². The molecular formula is C97H80Ir4N8O8S-4. The van der Waals surface area contributed by atoms with Gasteiger partial charge in [-0.2, -0.15) is 44.5 Å². The average Bonchev–Trinajstić information content (AvgIpc) is 0.851. The number of benzene rings is 13. The van der Waals surface area contributed by atoms with E-state index in [0.717, 1.165) is 98.9 Å². The van der Waals surface area contributed by atoms with E-state index in [1.54, 1.807) is 40.9 Å². The van der Waals surface area contributed by atoms with Crippen molar-refractivity contribution in [3.63, 3.8) is 0 Å². The zero-order valence-electron chi connectivity index (χ0n) is 65.3. The van der Waals surface area contributed by atoms with Gasteiger partial charge >= 0.3 is 0 Å². The number of aliphatic hydroxyl groups is 4. The predicted molar refractivity (Wildman–Crippen MR) is 461 cm³/mol. The Kier molecular flexibility index (Phi) is 38.5. The third-order valence-electron chi connectivity index (χ3n) is 16.4. The van der Waals surface area contributed by atoms with Crippen LogP contribution in [0, 0.1) is 24.3 Å². The van der Waals surface area contributed by atoms with Crippen molar-refractivity contribution in [1.29, 1.82) is 0 Å². The number of allylic oxidation sites excluding steroid dienone is 8. The molecule has 17 rings (SSSR count). The van der Waals surface area contributed by atoms with Crippen LogP contribution < -0.4 is 0 Å². The average molecular weight is 2290 g/mol. The van der Waals surface area contributed by atoms with Crippen LogP contribution in [0.5, 0.6) is 0 Å². The number of thiazole rings is 1. The summed E-state index contributed by atoms with van der Waals surface area (Å²) in [5.41, 5.74) is 15.2. The van der Waals surface area contributed by atoms with Crippen molar-refractivity contribution >= 4 is 110 Å². The number of aliphatic hydroxyl groups excluding tert-OH is 4. The first-order valence-corrected chi connectivity index (χ1v) is 36.9. The number of hydrogen-bond donors (Lipinski definition) is 4. The van der Waals surface area contributed by atoms with Crippen molar-refractivity contribution in [2.24, 2.45) is 0 Å². The standard InChI is InChI=1S/C28H17N2.C17H10NS.C16H10N3.C16H11N2.4C5H8O2.4Ir/c1-3-7-19(8-4-1)21-11-13-23-25(17-21)26-18-22(20-9-5-2-6-10-20)12-14-24(26)28-27(23)29-15-16-30-28;1-2-8-13-12(6-1)7-5-9-14(13)17-18-15-10-3-4-11-16(15)19-17;1-2-8-13-12(6-1)7-5-11-16(13)19-17-14-9-3-4-10-15(14)18-19;1-3-7-13(8-4-1)15-16(18-12-11-17-15)14-9-5-2-6-10-14;4*1-4(6)3-5(2)7;;;;/h1-13,15-18H;1-8,10-11H;1-10H;1-9,11-12H;4*3,6H,1-2H3;;;;/q4*-1;;;;;;;;. The Morgan fingerprint density at radius 2 is 0.797 bits per heavy atom. The van der Waals surface area contributed by atoms with Crippen molar-refractivity contribution in [2.45, 2.75) is 55.4 Å². The summed E-state index contributed by atoms with van der Waals surface area (Å²) in [6.07, 6.45) is 11.6. The number of hydrogen-bond acceptors (Lipinski definition) is 16. The van der Waals surface area contributed by atoms with Crippen LogP contribution in [0.4, 0.5) is 0 Å². The fourth-order valence-corrected chi connectivity index (χ4v) is 12.8. The minimum atomic E-state index is -0.125. The summed E-state index contributed by atoms with van der Waals surface area (Å²) in [5, 5.41) is 52.7. The first-order valence-electron chi connectivity index (χ1n) is 36.1. The van der Waals surface area contributed by atoms with Crippen LogP contribution in [0.2, 0.25) is 0 Å². The molecule has 4 radical (unpaired) electrons. The first kappa shape index (κ1) is 94.9. The minimum Gasteiger partial charge on any atom is -0.512 e. The molecule has 4 N–H and O–H groups in total. The summed E-state index contributed by atoms with van der Waals surface area (Å²) in [4.78, 5) is 64.6. The van der Waals surface area contributed by atoms with Gasteiger partial charge in [-0.1, -0.05) is 203 Å². The van der Waals surface area contributed by atoms with Crippen LogP contribution in [-0.4, -0.2) is 83.5 Å². The van der Waals surface area contributed by atoms with Gasteiger partial charge in [0.05, 0.1) is 39.8 Å². The summed E-state index contributed by atoms with van der Waals surface area (Å²) < 4.78 is 1.22. The van der Waals surface area contributed by atoms with E-state index >= 15 is 0 Å². The maximum absolute atomic E-state index is 10.0. The largest absolute Gasteiger partial charge is 0.512 e. The molecule has 0 saturated carbocycles. The normalized spacial score (nSPS) is 10.7. The van der Waals surface area contributed by atoms with Gasteiger partial charge in [-0.25, -0.2) is 0 Å². The number of rotatable bonds is 10. The SMILES string of the molecule is CC(=O)C=C(C)O.CC(=O)C=C(C)O.CC(=O)C=C(C)O.CC(=O)C=C(C)O.[Ir].[Ir].[Ir].[Ir].[c-]1cc(-c2ccccc2)cc2c1c1nccnc1c1ccc(-c3ccccc3)cc21.[c-]1ccc2ccccc2c1-c1nc2ccccc2s1.[c-]1ccc2ccccc2c1-n1nc2ccccc2n1.[c-]1ccccc1-c1nccnc1-c1ccccc1. The molecule has 0 amide bonds. The van der Waals surface area contributed by atoms with Crippen molar-refractivity contribution < 1.29 is 120 Å². The minimum absolute atomic E-state index is 0. The number of carbonyl (C=O) groups excluding carboxylic acids is 4. The molecule has 0 unspecified atom stereocenters. The molecule has 0 aliphatic rings. The fourth-order valence-electron chi connectivity index (χ4n) is 11.9. The van der Waals surface area contributed by atoms with Gasteiger partial charge in [-0.05, 0) is 107 Å². The number of fused-ring (bicyclic) bond motifs is 10. The monoisotopic (exact) mass is 2290 g/mol. The van der Waals surface area contributed by atoms with Crippen LogP contribution in [0.25, 0.3) is 136 Å². The number of aromatic nitrogens is 8. The molecule has 0 spiro atoms. The van der Waals surface area contributed by atoms with Gasteiger partial charge in [-0.3, -0.25) is 34.1 Å². The number of ketones is 4. The maximum atomic E-state index is 10.0.